The molecule has 0 saturated heterocycles. The molecule has 24 heavy (non-hydrogen) atoms. The van der Waals surface area contributed by atoms with Gasteiger partial charge in [0.15, 0.2) is 0 Å². The highest BCUT2D eigenvalue weighted by Crippen LogP contribution is 2.15. The minimum absolute atomic E-state index is 0.0377. The van der Waals surface area contributed by atoms with Gasteiger partial charge in [0.1, 0.15) is 5.69 Å². The maximum Gasteiger partial charge on any atom is 0.271 e. The molecule has 0 radical (unpaired) electrons. The average molecular weight is 338 g/mol. The molecule has 1 heterocycles. The number of carbonyl (C=O) groups excluding carboxylic acids is 1. The fourth-order valence-corrected chi connectivity index (χ4v) is 3.23. The van der Waals surface area contributed by atoms with Crippen LogP contribution in [0.15, 0.2) is 60.0 Å². The Balaban J connectivity index is 1.61. The average Bonchev–Trinajstić information content (AvgIpc) is 3.09. The van der Waals surface area contributed by atoms with Gasteiger partial charge >= 0.3 is 0 Å². The zero-order chi connectivity index (χ0) is 16.8. The van der Waals surface area contributed by atoms with Gasteiger partial charge < -0.3 is 10.4 Å². The van der Waals surface area contributed by atoms with E-state index in [-0.39, 0.29) is 12.5 Å². The van der Waals surface area contributed by atoms with E-state index in [2.05, 4.69) is 10.3 Å². The third kappa shape index (κ3) is 4.07. The van der Waals surface area contributed by atoms with Gasteiger partial charge in [-0.1, -0.05) is 54.6 Å². The lowest BCUT2D eigenvalue weighted by Crippen LogP contribution is -2.23. The number of thiazole rings is 1. The molecule has 0 unspecified atom stereocenters. The van der Waals surface area contributed by atoms with Crippen LogP contribution in [0, 0.1) is 0 Å². The van der Waals surface area contributed by atoms with Gasteiger partial charge in [-0.3, -0.25) is 4.79 Å². The Morgan fingerprint density at radius 2 is 1.75 bits per heavy atom. The molecule has 0 aliphatic rings. The molecule has 1 aromatic heterocycles. The molecule has 0 aliphatic carbocycles. The number of benzene rings is 2. The van der Waals surface area contributed by atoms with Gasteiger partial charge in [-0.2, -0.15) is 0 Å². The van der Waals surface area contributed by atoms with Crippen LogP contribution in [-0.4, -0.2) is 16.0 Å². The highest BCUT2D eigenvalue weighted by Gasteiger charge is 2.11. The summed E-state index contributed by atoms with van der Waals surface area (Å²) in [7, 11) is 0. The number of carbonyl (C=O) groups is 1. The quantitative estimate of drug-likeness (QED) is 0.726. The number of nitrogens with zero attached hydrogens (tertiary/aromatic N) is 1. The highest BCUT2D eigenvalue weighted by molar-refractivity contribution is 7.09. The molecule has 3 rings (SSSR count). The molecule has 0 atom stereocenters. The van der Waals surface area contributed by atoms with E-state index in [1.54, 1.807) is 5.38 Å². The lowest BCUT2D eigenvalue weighted by Gasteiger charge is -2.07. The summed E-state index contributed by atoms with van der Waals surface area (Å²) in [5, 5.41) is 14.9. The number of rotatable bonds is 6. The Hall–Kier alpha value is -2.50. The lowest BCUT2D eigenvalue weighted by molar-refractivity contribution is 0.0946. The van der Waals surface area contributed by atoms with Gasteiger partial charge in [0, 0.05) is 18.3 Å². The molecule has 5 heteroatoms. The molecule has 122 valence electrons. The molecule has 0 saturated carbocycles. The van der Waals surface area contributed by atoms with E-state index in [1.165, 1.54) is 16.9 Å². The van der Waals surface area contributed by atoms with Crippen molar-refractivity contribution in [2.45, 2.75) is 19.6 Å². The first-order valence-electron chi connectivity index (χ1n) is 7.70. The van der Waals surface area contributed by atoms with E-state index in [0.29, 0.717) is 12.2 Å². The lowest BCUT2D eigenvalue weighted by atomic mass is 10.1. The summed E-state index contributed by atoms with van der Waals surface area (Å²) in [6, 6.07) is 17.6. The van der Waals surface area contributed by atoms with Crippen LogP contribution in [0.5, 0.6) is 0 Å². The van der Waals surface area contributed by atoms with Gasteiger partial charge in [0.05, 0.1) is 11.6 Å². The summed E-state index contributed by atoms with van der Waals surface area (Å²) >= 11 is 1.49. The van der Waals surface area contributed by atoms with Crippen molar-refractivity contribution in [2.24, 2.45) is 0 Å². The summed E-state index contributed by atoms with van der Waals surface area (Å²) < 4.78 is 0. The molecule has 1 amide bonds. The minimum Gasteiger partial charge on any atom is -0.392 e. The smallest absolute Gasteiger partial charge is 0.271 e. The van der Waals surface area contributed by atoms with E-state index in [4.69, 9.17) is 0 Å². The first-order chi connectivity index (χ1) is 11.8. The highest BCUT2D eigenvalue weighted by atomic mass is 32.1. The molecular formula is C19H18N2O2S. The van der Waals surface area contributed by atoms with Gasteiger partial charge in [0.25, 0.3) is 5.91 Å². The number of aromatic nitrogens is 1. The van der Waals surface area contributed by atoms with Gasteiger partial charge in [-0.05, 0) is 16.7 Å². The van der Waals surface area contributed by atoms with Crippen LogP contribution in [-0.2, 0) is 19.6 Å². The van der Waals surface area contributed by atoms with Gasteiger partial charge in [-0.15, -0.1) is 11.3 Å². The standard InChI is InChI=1S/C19H18N2O2S/c22-12-16-9-5-4-8-15(16)11-20-19(23)17-13-24-18(21-17)10-14-6-2-1-3-7-14/h1-9,13,22H,10-12H2,(H,20,23). The monoisotopic (exact) mass is 338 g/mol. The van der Waals surface area contributed by atoms with Gasteiger partial charge in [-0.25, -0.2) is 4.98 Å². The van der Waals surface area contributed by atoms with Crippen molar-refractivity contribution in [3.8, 4) is 0 Å². The van der Waals surface area contributed by atoms with Crippen molar-refractivity contribution in [1.82, 2.24) is 10.3 Å². The number of hydrogen-bond donors (Lipinski definition) is 2. The molecule has 0 aliphatic heterocycles. The van der Waals surface area contributed by atoms with Gasteiger partial charge in [0.2, 0.25) is 0 Å². The molecule has 4 nitrogen and oxygen atoms in total. The SMILES string of the molecule is O=C(NCc1ccccc1CO)c1csc(Cc2ccccc2)n1. The maximum absolute atomic E-state index is 12.3. The third-order valence-electron chi connectivity index (χ3n) is 3.71. The fourth-order valence-electron chi connectivity index (χ4n) is 2.42. The summed E-state index contributed by atoms with van der Waals surface area (Å²) in [4.78, 5) is 16.7. The van der Waals surface area contributed by atoms with E-state index >= 15 is 0 Å². The number of amides is 1. The van der Waals surface area contributed by atoms with Crippen molar-refractivity contribution in [3.63, 3.8) is 0 Å². The summed E-state index contributed by atoms with van der Waals surface area (Å²) in [6.45, 7) is 0.338. The molecular weight excluding hydrogens is 320 g/mol. The Bertz CT molecular complexity index is 815. The van der Waals surface area contributed by atoms with Crippen molar-refractivity contribution in [3.05, 3.63) is 87.4 Å². The normalized spacial score (nSPS) is 10.5. The Labute approximate surface area is 144 Å². The van der Waals surface area contributed by atoms with Crippen molar-refractivity contribution in [1.29, 1.82) is 0 Å². The van der Waals surface area contributed by atoms with Crippen molar-refractivity contribution >= 4 is 17.2 Å². The second-order valence-corrected chi connectivity index (χ2v) is 6.34. The van der Waals surface area contributed by atoms with E-state index in [1.807, 2.05) is 54.6 Å². The van der Waals surface area contributed by atoms with Crippen LogP contribution in [0.4, 0.5) is 0 Å². The van der Waals surface area contributed by atoms with Crippen LogP contribution in [0.1, 0.15) is 32.2 Å². The van der Waals surface area contributed by atoms with E-state index in [9.17, 15) is 9.90 Å². The largest absolute Gasteiger partial charge is 0.392 e. The zero-order valence-corrected chi connectivity index (χ0v) is 13.9. The first-order valence-corrected chi connectivity index (χ1v) is 8.58. The molecule has 0 spiro atoms. The predicted octanol–water partition coefficient (Wildman–Crippen LogP) is 3.16. The number of nitrogens with one attached hydrogen (secondary N) is 1. The van der Waals surface area contributed by atoms with Crippen LogP contribution in [0.2, 0.25) is 0 Å². The summed E-state index contributed by atoms with van der Waals surface area (Å²) in [6.07, 6.45) is 0.728. The summed E-state index contributed by atoms with van der Waals surface area (Å²) in [5.41, 5.74) is 3.34. The Morgan fingerprint density at radius 3 is 2.50 bits per heavy atom. The Morgan fingerprint density at radius 1 is 1.04 bits per heavy atom. The van der Waals surface area contributed by atoms with E-state index < -0.39 is 0 Å². The fraction of sp³-hybridized carbons (Fsp3) is 0.158. The second-order valence-electron chi connectivity index (χ2n) is 5.40. The molecule has 2 N–H and O–H groups in total. The predicted molar refractivity (Wildman–Crippen MR) is 94.9 cm³/mol. The van der Waals surface area contributed by atoms with Crippen molar-refractivity contribution < 1.29 is 9.90 Å². The molecule has 0 bridgehead atoms. The number of aliphatic hydroxyl groups excluding tert-OH is 1. The molecule has 3 aromatic rings. The van der Waals surface area contributed by atoms with Crippen LogP contribution in [0.3, 0.4) is 0 Å². The third-order valence-corrected chi connectivity index (χ3v) is 4.56. The van der Waals surface area contributed by atoms with E-state index in [0.717, 1.165) is 22.6 Å². The maximum atomic E-state index is 12.3. The van der Waals surface area contributed by atoms with Crippen LogP contribution < -0.4 is 5.32 Å². The summed E-state index contributed by atoms with van der Waals surface area (Å²) in [5.74, 6) is -0.196. The van der Waals surface area contributed by atoms with Crippen LogP contribution in [0.25, 0.3) is 0 Å². The number of aliphatic hydroxyl groups is 1. The second kappa shape index (κ2) is 7.86. The number of hydrogen-bond acceptors (Lipinski definition) is 4. The molecule has 2 aromatic carbocycles. The minimum atomic E-state index is -0.196. The first kappa shape index (κ1) is 16.4. The Kier molecular flexibility index (Phi) is 5.36. The van der Waals surface area contributed by atoms with Crippen molar-refractivity contribution in [2.75, 3.05) is 0 Å². The molecule has 0 fully saturated rings. The topological polar surface area (TPSA) is 62.2 Å². The zero-order valence-electron chi connectivity index (χ0n) is 13.1. The van der Waals surface area contributed by atoms with Crippen LogP contribution >= 0.6 is 11.3 Å².